The molecule has 2 N–H and O–H groups in total. The number of carbonyl (C=O) groups is 1. The molecule has 1 atom stereocenters. The summed E-state index contributed by atoms with van der Waals surface area (Å²) in [6.45, 7) is 5.91. The summed E-state index contributed by atoms with van der Waals surface area (Å²) in [5, 5.41) is 13.4. The van der Waals surface area contributed by atoms with Crippen molar-refractivity contribution >= 4 is 22.9 Å². The van der Waals surface area contributed by atoms with E-state index in [2.05, 4.69) is 17.2 Å². The van der Waals surface area contributed by atoms with Crippen molar-refractivity contribution < 1.29 is 9.90 Å². The number of allylic oxidation sites excluding steroid dienone is 1. The van der Waals surface area contributed by atoms with Crippen molar-refractivity contribution in [2.75, 3.05) is 5.75 Å². The normalized spacial score (nSPS) is 18.2. The second kappa shape index (κ2) is 6.80. The summed E-state index contributed by atoms with van der Waals surface area (Å²) in [7, 11) is 0. The third kappa shape index (κ3) is 3.67. The number of amidine groups is 1. The Balaban J connectivity index is 2.41. The third-order valence-corrected chi connectivity index (χ3v) is 4.34. The van der Waals surface area contributed by atoms with Gasteiger partial charge in [-0.25, -0.2) is 9.79 Å². The summed E-state index contributed by atoms with van der Waals surface area (Å²) in [5.74, 6) is 0.0389. The second-order valence-corrected chi connectivity index (χ2v) is 6.15. The molecule has 0 fully saturated rings. The fourth-order valence-corrected chi connectivity index (χ4v) is 3.08. The molecular formula is C16H20N2O2S. The van der Waals surface area contributed by atoms with Gasteiger partial charge in [-0.2, -0.15) is 0 Å². The molecule has 1 aromatic rings. The summed E-state index contributed by atoms with van der Waals surface area (Å²) in [4.78, 5) is 16.2. The number of rotatable bonds is 4. The fourth-order valence-electron chi connectivity index (χ4n) is 2.28. The van der Waals surface area contributed by atoms with Crippen LogP contribution in [0.5, 0.6) is 0 Å². The highest BCUT2D eigenvalue weighted by Gasteiger charge is 2.29. The Bertz CT molecular complexity index is 608. The molecule has 0 radical (unpaired) electrons. The van der Waals surface area contributed by atoms with E-state index in [0.717, 1.165) is 28.5 Å². The monoisotopic (exact) mass is 304 g/mol. The van der Waals surface area contributed by atoms with Gasteiger partial charge in [0.1, 0.15) is 6.04 Å². The molecule has 0 saturated carbocycles. The van der Waals surface area contributed by atoms with Crippen molar-refractivity contribution in [1.29, 1.82) is 0 Å². The number of thioether (sulfide) groups is 1. The van der Waals surface area contributed by atoms with Crippen LogP contribution in [0.15, 0.2) is 40.5 Å². The Kier molecular flexibility index (Phi) is 5.07. The van der Waals surface area contributed by atoms with E-state index in [1.807, 2.05) is 31.2 Å². The molecule has 0 saturated heterocycles. The van der Waals surface area contributed by atoms with Gasteiger partial charge in [-0.1, -0.05) is 48.5 Å². The lowest BCUT2D eigenvalue weighted by Gasteiger charge is -2.24. The molecule has 21 heavy (non-hydrogen) atoms. The topological polar surface area (TPSA) is 61.7 Å². The average molecular weight is 304 g/mol. The quantitative estimate of drug-likeness (QED) is 0.893. The highest BCUT2D eigenvalue weighted by atomic mass is 32.2. The predicted octanol–water partition coefficient (Wildman–Crippen LogP) is 3.50. The highest BCUT2D eigenvalue weighted by Crippen LogP contribution is 2.32. The maximum Gasteiger partial charge on any atom is 0.335 e. The SMILES string of the molecule is CCCSC1=NC(c2cccc(C)c2)C(C(=O)O)=C(C)N1. The molecule has 1 unspecified atom stereocenters. The van der Waals surface area contributed by atoms with Gasteiger partial charge in [-0.05, 0) is 25.8 Å². The van der Waals surface area contributed by atoms with Crippen LogP contribution in [0.4, 0.5) is 0 Å². The van der Waals surface area contributed by atoms with Crippen LogP contribution in [0.25, 0.3) is 0 Å². The van der Waals surface area contributed by atoms with Crippen LogP contribution in [0.1, 0.15) is 37.4 Å². The van der Waals surface area contributed by atoms with Gasteiger partial charge in [0, 0.05) is 11.4 Å². The maximum atomic E-state index is 11.6. The third-order valence-electron chi connectivity index (χ3n) is 3.25. The molecule has 1 heterocycles. The van der Waals surface area contributed by atoms with Crippen molar-refractivity contribution in [3.63, 3.8) is 0 Å². The lowest BCUT2D eigenvalue weighted by atomic mass is 9.95. The molecule has 112 valence electrons. The standard InChI is InChI=1S/C16H20N2O2S/c1-4-8-21-16-17-11(3)13(15(19)20)14(18-16)12-7-5-6-10(2)9-12/h5-7,9,14H,4,8H2,1-3H3,(H,17,18)(H,19,20). The lowest BCUT2D eigenvalue weighted by molar-refractivity contribution is -0.133. The molecule has 1 aliphatic heterocycles. The van der Waals surface area contributed by atoms with Crippen LogP contribution in [0.2, 0.25) is 0 Å². The van der Waals surface area contributed by atoms with E-state index in [9.17, 15) is 9.90 Å². The number of carboxylic acids is 1. The average Bonchev–Trinajstić information content (AvgIpc) is 2.44. The van der Waals surface area contributed by atoms with Crippen molar-refractivity contribution in [3.8, 4) is 0 Å². The van der Waals surface area contributed by atoms with Crippen molar-refractivity contribution in [1.82, 2.24) is 5.32 Å². The van der Waals surface area contributed by atoms with Gasteiger partial charge in [-0.15, -0.1) is 0 Å². The summed E-state index contributed by atoms with van der Waals surface area (Å²) in [6, 6.07) is 7.43. The Labute approximate surface area is 129 Å². The minimum atomic E-state index is -0.921. The van der Waals surface area contributed by atoms with Gasteiger partial charge >= 0.3 is 5.97 Å². The maximum absolute atomic E-state index is 11.6. The predicted molar refractivity (Wildman–Crippen MR) is 87.6 cm³/mol. The van der Waals surface area contributed by atoms with Gasteiger partial charge in [0.05, 0.1) is 5.57 Å². The smallest absolute Gasteiger partial charge is 0.335 e. The van der Waals surface area contributed by atoms with Crippen LogP contribution in [0.3, 0.4) is 0 Å². The first-order valence-electron chi connectivity index (χ1n) is 7.01. The minimum absolute atomic E-state index is 0.321. The molecular weight excluding hydrogens is 284 g/mol. The van der Waals surface area contributed by atoms with E-state index in [0.29, 0.717) is 11.3 Å². The number of hydrogen-bond acceptors (Lipinski definition) is 4. The molecule has 5 heteroatoms. The second-order valence-electron chi connectivity index (χ2n) is 5.07. The number of aliphatic carboxylic acids is 1. The largest absolute Gasteiger partial charge is 0.478 e. The van der Waals surface area contributed by atoms with Crippen molar-refractivity contribution in [2.45, 2.75) is 33.2 Å². The Hall–Kier alpha value is -1.75. The van der Waals surface area contributed by atoms with E-state index < -0.39 is 12.0 Å². The summed E-state index contributed by atoms with van der Waals surface area (Å²) in [5.41, 5.74) is 3.01. The van der Waals surface area contributed by atoms with Crippen LogP contribution in [0, 0.1) is 6.92 Å². The molecule has 1 aromatic carbocycles. The van der Waals surface area contributed by atoms with E-state index >= 15 is 0 Å². The number of aliphatic imine (C=N–C) groups is 1. The van der Waals surface area contributed by atoms with Gasteiger partial charge in [0.15, 0.2) is 5.17 Å². The van der Waals surface area contributed by atoms with Crippen LogP contribution in [-0.2, 0) is 4.79 Å². The first kappa shape index (κ1) is 15.6. The van der Waals surface area contributed by atoms with E-state index in [-0.39, 0.29) is 0 Å². The van der Waals surface area contributed by atoms with E-state index in [4.69, 9.17) is 0 Å². The summed E-state index contributed by atoms with van der Waals surface area (Å²) in [6.07, 6.45) is 1.05. The Morgan fingerprint density at radius 1 is 1.43 bits per heavy atom. The zero-order chi connectivity index (χ0) is 15.4. The van der Waals surface area contributed by atoms with Gasteiger partial charge in [0.25, 0.3) is 0 Å². The van der Waals surface area contributed by atoms with E-state index in [1.165, 1.54) is 0 Å². The highest BCUT2D eigenvalue weighted by molar-refractivity contribution is 8.13. The van der Waals surface area contributed by atoms with Crippen molar-refractivity contribution in [3.05, 3.63) is 46.7 Å². The lowest BCUT2D eigenvalue weighted by Crippen LogP contribution is -2.29. The molecule has 1 aliphatic rings. The van der Waals surface area contributed by atoms with Crippen LogP contribution in [-0.4, -0.2) is 22.0 Å². The number of hydrogen-bond donors (Lipinski definition) is 2. The van der Waals surface area contributed by atoms with Gasteiger partial charge < -0.3 is 10.4 Å². The summed E-state index contributed by atoms with van der Waals surface area (Å²) >= 11 is 1.63. The zero-order valence-corrected chi connectivity index (χ0v) is 13.3. The first-order valence-corrected chi connectivity index (χ1v) is 7.99. The molecule has 0 aliphatic carbocycles. The van der Waals surface area contributed by atoms with E-state index in [1.54, 1.807) is 18.7 Å². The molecule has 0 spiro atoms. The molecule has 0 amide bonds. The molecule has 0 bridgehead atoms. The number of benzene rings is 1. The Morgan fingerprint density at radius 3 is 2.81 bits per heavy atom. The minimum Gasteiger partial charge on any atom is -0.478 e. The number of nitrogens with one attached hydrogen (secondary N) is 1. The first-order chi connectivity index (χ1) is 10.0. The van der Waals surface area contributed by atoms with Gasteiger partial charge in [0.2, 0.25) is 0 Å². The van der Waals surface area contributed by atoms with Crippen LogP contribution < -0.4 is 5.32 Å². The Morgan fingerprint density at radius 2 is 2.19 bits per heavy atom. The van der Waals surface area contributed by atoms with Crippen LogP contribution >= 0.6 is 11.8 Å². The van der Waals surface area contributed by atoms with Gasteiger partial charge in [-0.3, -0.25) is 0 Å². The summed E-state index contributed by atoms with van der Waals surface area (Å²) < 4.78 is 0. The van der Waals surface area contributed by atoms with Crippen molar-refractivity contribution in [2.24, 2.45) is 4.99 Å². The molecule has 2 rings (SSSR count). The number of nitrogens with zero attached hydrogens (tertiary/aromatic N) is 1. The number of carboxylic acid groups (broad SMARTS) is 1. The molecule has 4 nitrogen and oxygen atoms in total. The fraction of sp³-hybridized carbons (Fsp3) is 0.375. The zero-order valence-electron chi connectivity index (χ0n) is 12.5. The molecule has 0 aromatic heterocycles. The number of aryl methyl sites for hydroxylation is 1.